The van der Waals surface area contributed by atoms with Gasteiger partial charge in [-0.2, -0.15) is 0 Å². The highest BCUT2D eigenvalue weighted by molar-refractivity contribution is 7.13. The predicted molar refractivity (Wildman–Crippen MR) is 106 cm³/mol. The number of fused-ring (bicyclic) bond motifs is 1. The Bertz CT molecular complexity index is 786. The maximum atomic E-state index is 9.22. The minimum atomic E-state index is -0.00133. The van der Waals surface area contributed by atoms with Crippen molar-refractivity contribution in [1.82, 2.24) is 9.88 Å². The van der Waals surface area contributed by atoms with Crippen LogP contribution in [-0.4, -0.2) is 39.2 Å². The summed E-state index contributed by atoms with van der Waals surface area (Å²) in [5, 5.41) is 12.1. The lowest BCUT2D eigenvalue weighted by Crippen LogP contribution is -2.54. The normalized spacial score (nSPS) is 20.0. The fraction of sp³-hybridized carbons (Fsp3) is 0.571. The number of ether oxygens (including phenoxy) is 1. The van der Waals surface area contributed by atoms with E-state index in [1.165, 1.54) is 5.56 Å². The third-order valence-corrected chi connectivity index (χ3v) is 6.76. The molecule has 26 heavy (non-hydrogen) atoms. The lowest BCUT2D eigenvalue weighted by atomic mass is 9.82. The minimum Gasteiger partial charge on any atom is -0.487 e. The van der Waals surface area contributed by atoms with Crippen LogP contribution in [0.4, 0.5) is 0 Å². The van der Waals surface area contributed by atoms with Gasteiger partial charge in [-0.15, -0.1) is 11.3 Å². The second kappa shape index (κ2) is 6.63. The van der Waals surface area contributed by atoms with Crippen LogP contribution in [0.3, 0.4) is 0 Å². The second-order valence-electron chi connectivity index (χ2n) is 8.57. The molecule has 140 valence electrons. The zero-order valence-corrected chi connectivity index (χ0v) is 16.7. The number of aromatic nitrogens is 1. The molecule has 1 N–H and O–H groups in total. The topological polar surface area (TPSA) is 45.6 Å². The molecule has 1 aromatic heterocycles. The predicted octanol–water partition coefficient (Wildman–Crippen LogP) is 4.26. The van der Waals surface area contributed by atoms with Crippen molar-refractivity contribution in [3.05, 3.63) is 34.8 Å². The largest absolute Gasteiger partial charge is 0.487 e. The molecule has 0 unspecified atom stereocenters. The highest BCUT2D eigenvalue weighted by Gasteiger charge is 2.41. The van der Waals surface area contributed by atoms with Gasteiger partial charge in [-0.25, -0.2) is 4.98 Å². The van der Waals surface area contributed by atoms with Crippen LogP contribution in [0.15, 0.2) is 23.6 Å². The van der Waals surface area contributed by atoms with E-state index >= 15 is 0 Å². The van der Waals surface area contributed by atoms with Crippen LogP contribution in [0.25, 0.3) is 10.6 Å². The van der Waals surface area contributed by atoms with E-state index in [0.717, 1.165) is 60.8 Å². The highest BCUT2D eigenvalue weighted by Crippen LogP contribution is 2.41. The molecule has 2 aliphatic heterocycles. The quantitative estimate of drug-likeness (QED) is 0.855. The van der Waals surface area contributed by atoms with E-state index < -0.39 is 0 Å². The Balaban J connectivity index is 1.50. The van der Waals surface area contributed by atoms with Crippen LogP contribution in [0, 0.1) is 0 Å². The first-order valence-electron chi connectivity index (χ1n) is 9.51. The highest BCUT2D eigenvalue weighted by atomic mass is 32.1. The van der Waals surface area contributed by atoms with Crippen molar-refractivity contribution in [2.45, 2.75) is 64.2 Å². The van der Waals surface area contributed by atoms with Crippen molar-refractivity contribution < 1.29 is 9.84 Å². The monoisotopic (exact) mass is 372 g/mol. The molecule has 1 fully saturated rings. The number of likely N-dealkylation sites (tertiary alicyclic amines) is 1. The summed E-state index contributed by atoms with van der Waals surface area (Å²) in [6.45, 7) is 9.11. The van der Waals surface area contributed by atoms with Gasteiger partial charge in [0.15, 0.2) is 0 Å². The minimum absolute atomic E-state index is 0.00133. The number of rotatable bonds is 2. The van der Waals surface area contributed by atoms with Crippen molar-refractivity contribution in [1.29, 1.82) is 0 Å². The van der Waals surface area contributed by atoms with E-state index in [1.54, 1.807) is 11.3 Å². The summed E-state index contributed by atoms with van der Waals surface area (Å²) >= 11 is 1.58. The molecule has 4 rings (SSSR count). The Labute approximate surface area is 159 Å². The van der Waals surface area contributed by atoms with Gasteiger partial charge in [0, 0.05) is 29.6 Å². The molecule has 0 amide bonds. The first kappa shape index (κ1) is 18.0. The maximum Gasteiger partial charge on any atom is 0.123 e. The van der Waals surface area contributed by atoms with E-state index in [1.807, 2.05) is 5.38 Å². The third kappa shape index (κ3) is 3.40. The van der Waals surface area contributed by atoms with Gasteiger partial charge in [-0.05, 0) is 70.2 Å². The lowest BCUT2D eigenvalue weighted by molar-refractivity contribution is -0.0355. The average Bonchev–Trinajstić information content (AvgIpc) is 3.10. The zero-order valence-electron chi connectivity index (χ0n) is 15.9. The van der Waals surface area contributed by atoms with Crippen LogP contribution in [0.2, 0.25) is 0 Å². The number of benzene rings is 1. The fourth-order valence-corrected chi connectivity index (χ4v) is 4.91. The summed E-state index contributed by atoms with van der Waals surface area (Å²) in [6, 6.07) is 6.43. The molecule has 4 nitrogen and oxygen atoms in total. The van der Waals surface area contributed by atoms with Gasteiger partial charge in [0.05, 0.1) is 12.3 Å². The molecule has 0 atom stereocenters. The maximum absolute atomic E-state index is 9.22. The molecule has 2 aromatic rings. The van der Waals surface area contributed by atoms with E-state index in [2.05, 4.69) is 48.9 Å². The number of aliphatic hydroxyl groups is 1. The fourth-order valence-electron chi connectivity index (χ4n) is 4.10. The molecule has 0 saturated carbocycles. The molecule has 0 bridgehead atoms. The van der Waals surface area contributed by atoms with Crippen LogP contribution in [0.1, 0.15) is 51.3 Å². The first-order chi connectivity index (χ1) is 12.4. The van der Waals surface area contributed by atoms with Crippen molar-refractivity contribution in [3.8, 4) is 16.3 Å². The molecule has 1 saturated heterocycles. The van der Waals surface area contributed by atoms with E-state index in [9.17, 15) is 5.11 Å². The third-order valence-electron chi connectivity index (χ3n) is 5.82. The Kier molecular flexibility index (Phi) is 4.58. The summed E-state index contributed by atoms with van der Waals surface area (Å²) < 4.78 is 6.55. The molecule has 0 aliphatic carbocycles. The van der Waals surface area contributed by atoms with Gasteiger partial charge in [0.2, 0.25) is 0 Å². The van der Waals surface area contributed by atoms with Crippen molar-refractivity contribution >= 4 is 11.3 Å². The number of piperidine rings is 1. The molecule has 3 heterocycles. The van der Waals surface area contributed by atoms with Crippen molar-refractivity contribution in [2.24, 2.45) is 0 Å². The number of thiazole rings is 1. The van der Waals surface area contributed by atoms with Crippen molar-refractivity contribution in [2.75, 3.05) is 13.1 Å². The molecule has 1 aromatic carbocycles. The Morgan fingerprint density at radius 2 is 2.00 bits per heavy atom. The van der Waals surface area contributed by atoms with Gasteiger partial charge in [-0.1, -0.05) is 0 Å². The molecule has 5 heteroatoms. The van der Waals surface area contributed by atoms with Gasteiger partial charge < -0.3 is 9.84 Å². The van der Waals surface area contributed by atoms with Gasteiger partial charge >= 0.3 is 0 Å². The number of hydrogen-bond acceptors (Lipinski definition) is 5. The van der Waals surface area contributed by atoms with E-state index in [-0.39, 0.29) is 17.7 Å². The summed E-state index contributed by atoms with van der Waals surface area (Å²) in [4.78, 5) is 7.06. The number of aryl methyl sites for hydroxylation is 1. The molecule has 0 radical (unpaired) electrons. The van der Waals surface area contributed by atoms with Crippen LogP contribution in [0.5, 0.6) is 5.75 Å². The summed E-state index contributed by atoms with van der Waals surface area (Å²) in [6.07, 6.45) is 4.38. The average molecular weight is 373 g/mol. The van der Waals surface area contributed by atoms with Crippen LogP contribution in [-0.2, 0) is 13.0 Å². The van der Waals surface area contributed by atoms with Crippen molar-refractivity contribution in [3.63, 3.8) is 0 Å². The smallest absolute Gasteiger partial charge is 0.123 e. The number of hydrogen-bond donors (Lipinski definition) is 1. The van der Waals surface area contributed by atoms with E-state index in [4.69, 9.17) is 4.74 Å². The summed E-state index contributed by atoms with van der Waals surface area (Å²) in [5.41, 5.74) is 3.40. The van der Waals surface area contributed by atoms with Crippen LogP contribution < -0.4 is 4.74 Å². The second-order valence-corrected chi connectivity index (χ2v) is 9.43. The Morgan fingerprint density at radius 1 is 1.23 bits per heavy atom. The van der Waals surface area contributed by atoms with Gasteiger partial charge in [0.25, 0.3) is 0 Å². The molecular weight excluding hydrogens is 344 g/mol. The summed E-state index contributed by atoms with van der Waals surface area (Å²) in [7, 11) is 0. The zero-order chi connectivity index (χ0) is 18.4. The number of aliphatic hydroxyl groups excluding tert-OH is 1. The number of nitrogens with zero attached hydrogens (tertiary/aromatic N) is 2. The molecular formula is C21H28N2O2S. The summed E-state index contributed by atoms with van der Waals surface area (Å²) in [5.74, 6) is 1.04. The molecule has 1 spiro atoms. The molecule has 2 aliphatic rings. The van der Waals surface area contributed by atoms with Gasteiger partial charge in [-0.3, -0.25) is 4.90 Å². The Morgan fingerprint density at radius 3 is 2.65 bits per heavy atom. The lowest BCUT2D eigenvalue weighted by Gasteiger charge is -2.48. The van der Waals surface area contributed by atoms with E-state index in [0.29, 0.717) is 0 Å². The van der Waals surface area contributed by atoms with Crippen LogP contribution >= 0.6 is 11.3 Å². The Hall–Kier alpha value is -1.43. The SMILES string of the molecule is CC(C)(C)N1CCC2(CCc3cc(-c4nc(CO)cs4)ccc3O2)CC1. The van der Waals surface area contributed by atoms with Gasteiger partial charge in [0.1, 0.15) is 16.4 Å². The first-order valence-corrected chi connectivity index (χ1v) is 10.4. The standard InChI is InChI=1S/C21H28N2O2S/c1-20(2,3)23-10-8-21(9-11-23)7-6-15-12-16(4-5-18(15)25-21)19-22-17(13-24)14-26-19/h4-5,12,14,24H,6-11,13H2,1-3H3.